The topological polar surface area (TPSA) is 56.7 Å². The van der Waals surface area contributed by atoms with Crippen LogP contribution >= 0.6 is 0 Å². The van der Waals surface area contributed by atoms with Crippen molar-refractivity contribution in [1.29, 1.82) is 0 Å². The van der Waals surface area contributed by atoms with E-state index in [9.17, 15) is 9.90 Å². The molecule has 1 saturated heterocycles. The van der Waals surface area contributed by atoms with Gasteiger partial charge in [-0.15, -0.1) is 0 Å². The van der Waals surface area contributed by atoms with E-state index in [4.69, 9.17) is 0 Å². The van der Waals surface area contributed by atoms with Crippen LogP contribution in [0, 0.1) is 5.41 Å². The Labute approximate surface area is 131 Å². The number of piperazine rings is 1. The molecule has 1 N–H and O–H groups in total. The molecule has 1 aromatic heterocycles. The third-order valence-electron chi connectivity index (χ3n) is 4.53. The Kier molecular flexibility index (Phi) is 3.85. The van der Waals surface area contributed by atoms with Crippen LogP contribution in [0.15, 0.2) is 12.1 Å². The fraction of sp³-hybridized carbons (Fsp3) is 0.647. The van der Waals surface area contributed by atoms with Crippen molar-refractivity contribution in [2.24, 2.45) is 5.41 Å². The highest BCUT2D eigenvalue weighted by atomic mass is 16.3. The van der Waals surface area contributed by atoms with Crippen LogP contribution in [-0.2, 0) is 11.2 Å². The quantitative estimate of drug-likeness (QED) is 0.859. The van der Waals surface area contributed by atoms with Crippen molar-refractivity contribution in [3.05, 3.63) is 23.4 Å². The number of carbonyl (C=O) groups is 1. The van der Waals surface area contributed by atoms with E-state index < -0.39 is 6.10 Å². The predicted octanol–water partition coefficient (Wildman–Crippen LogP) is 1.76. The van der Waals surface area contributed by atoms with Crippen molar-refractivity contribution >= 4 is 11.7 Å². The number of aliphatic hydroxyl groups excluding tert-OH is 1. The summed E-state index contributed by atoms with van der Waals surface area (Å²) >= 11 is 0. The van der Waals surface area contributed by atoms with Gasteiger partial charge in [-0.1, -0.05) is 26.8 Å². The molecule has 0 bridgehead atoms. The van der Waals surface area contributed by atoms with Crippen molar-refractivity contribution in [2.45, 2.75) is 39.7 Å². The fourth-order valence-electron chi connectivity index (χ4n) is 3.21. The zero-order valence-corrected chi connectivity index (χ0v) is 13.7. The Morgan fingerprint density at radius 3 is 2.55 bits per heavy atom. The molecule has 0 aromatic carbocycles. The van der Waals surface area contributed by atoms with Gasteiger partial charge in [-0.3, -0.25) is 4.79 Å². The first-order valence-corrected chi connectivity index (χ1v) is 8.08. The summed E-state index contributed by atoms with van der Waals surface area (Å²) in [5.41, 5.74) is 1.68. The third kappa shape index (κ3) is 2.82. The second kappa shape index (κ2) is 5.54. The second-order valence-electron chi connectivity index (χ2n) is 7.30. The maximum Gasteiger partial charge on any atom is 0.228 e. The van der Waals surface area contributed by atoms with Crippen LogP contribution < -0.4 is 4.90 Å². The number of anilines is 1. The van der Waals surface area contributed by atoms with E-state index in [2.05, 4.69) is 16.0 Å². The maximum absolute atomic E-state index is 12.3. The van der Waals surface area contributed by atoms with Gasteiger partial charge in [0.2, 0.25) is 5.91 Å². The van der Waals surface area contributed by atoms with E-state index in [1.807, 2.05) is 31.7 Å². The van der Waals surface area contributed by atoms with Gasteiger partial charge >= 0.3 is 0 Å². The summed E-state index contributed by atoms with van der Waals surface area (Å²) in [6.45, 7) is 8.95. The van der Waals surface area contributed by atoms with Crippen LogP contribution in [-0.4, -0.2) is 47.1 Å². The molecule has 1 aromatic rings. The highest BCUT2D eigenvalue weighted by molar-refractivity contribution is 5.81. The first kappa shape index (κ1) is 15.3. The van der Waals surface area contributed by atoms with Gasteiger partial charge in [-0.2, -0.15) is 0 Å². The minimum Gasteiger partial charge on any atom is -0.387 e. The molecule has 5 heteroatoms. The van der Waals surface area contributed by atoms with Gasteiger partial charge in [0.05, 0.1) is 11.8 Å². The van der Waals surface area contributed by atoms with Crippen LogP contribution in [0.1, 0.15) is 44.6 Å². The molecule has 1 fully saturated rings. The smallest absolute Gasteiger partial charge is 0.228 e. The normalized spacial score (nSPS) is 21.9. The Morgan fingerprint density at radius 2 is 1.91 bits per heavy atom. The molecule has 2 aliphatic rings. The van der Waals surface area contributed by atoms with E-state index in [1.165, 1.54) is 0 Å². The van der Waals surface area contributed by atoms with Gasteiger partial charge in [-0.05, 0) is 24.5 Å². The molecular formula is C17H25N3O2. The molecular weight excluding hydrogens is 278 g/mol. The highest BCUT2D eigenvalue weighted by Gasteiger charge is 2.30. The number of pyridine rings is 1. The number of nitrogens with zero attached hydrogens (tertiary/aromatic N) is 3. The van der Waals surface area contributed by atoms with Crippen LogP contribution in [0.5, 0.6) is 0 Å². The number of amides is 1. The first-order valence-electron chi connectivity index (χ1n) is 8.08. The molecule has 3 rings (SSSR count). The molecule has 1 aliphatic heterocycles. The molecule has 1 amide bonds. The summed E-state index contributed by atoms with van der Waals surface area (Å²) in [4.78, 5) is 21.1. The minimum atomic E-state index is -0.418. The van der Waals surface area contributed by atoms with Crippen molar-refractivity contribution in [3.8, 4) is 0 Å². The van der Waals surface area contributed by atoms with E-state index in [0.29, 0.717) is 0 Å². The van der Waals surface area contributed by atoms with Crippen LogP contribution in [0.25, 0.3) is 0 Å². The number of rotatable bonds is 1. The summed E-state index contributed by atoms with van der Waals surface area (Å²) in [5.74, 6) is 1.13. The second-order valence-corrected chi connectivity index (χ2v) is 7.30. The van der Waals surface area contributed by atoms with Crippen LogP contribution in [0.3, 0.4) is 0 Å². The Balaban J connectivity index is 1.67. The molecule has 5 nitrogen and oxygen atoms in total. The first-order chi connectivity index (χ1) is 10.4. The van der Waals surface area contributed by atoms with Gasteiger partial charge in [0.15, 0.2) is 0 Å². The Hall–Kier alpha value is -1.62. The average molecular weight is 303 g/mol. The van der Waals surface area contributed by atoms with E-state index >= 15 is 0 Å². The molecule has 0 saturated carbocycles. The summed E-state index contributed by atoms with van der Waals surface area (Å²) in [6.07, 6.45) is 1.27. The van der Waals surface area contributed by atoms with Gasteiger partial charge < -0.3 is 14.9 Å². The number of aryl methyl sites for hydroxylation is 1. The fourth-order valence-corrected chi connectivity index (χ4v) is 3.21. The molecule has 2 heterocycles. The predicted molar refractivity (Wildman–Crippen MR) is 85.8 cm³/mol. The summed E-state index contributed by atoms with van der Waals surface area (Å²) in [5, 5.41) is 9.97. The Morgan fingerprint density at radius 1 is 1.23 bits per heavy atom. The maximum atomic E-state index is 12.3. The third-order valence-corrected chi connectivity index (χ3v) is 4.53. The van der Waals surface area contributed by atoms with E-state index in [-0.39, 0.29) is 11.3 Å². The zero-order valence-electron chi connectivity index (χ0n) is 13.7. The van der Waals surface area contributed by atoms with E-state index in [1.54, 1.807) is 0 Å². The number of aromatic nitrogens is 1. The number of hydrogen-bond donors (Lipinski definition) is 1. The van der Waals surface area contributed by atoms with Crippen LogP contribution in [0.2, 0.25) is 0 Å². The lowest BCUT2D eigenvalue weighted by atomic mass is 9.94. The minimum absolute atomic E-state index is 0.212. The lowest BCUT2D eigenvalue weighted by Crippen LogP contribution is -2.51. The lowest BCUT2D eigenvalue weighted by molar-refractivity contribution is -0.139. The number of fused-ring (bicyclic) bond motifs is 1. The SMILES string of the molecule is CC(C)(C)C(=O)N1CCN(c2ccc3c(n2)C(O)CC3)CC1. The zero-order chi connectivity index (χ0) is 15.9. The summed E-state index contributed by atoms with van der Waals surface area (Å²) < 4.78 is 0. The van der Waals surface area contributed by atoms with Crippen molar-refractivity contribution in [1.82, 2.24) is 9.88 Å². The van der Waals surface area contributed by atoms with Crippen molar-refractivity contribution < 1.29 is 9.90 Å². The van der Waals surface area contributed by atoms with Crippen molar-refractivity contribution in [2.75, 3.05) is 31.1 Å². The lowest BCUT2D eigenvalue weighted by Gasteiger charge is -2.38. The molecule has 0 radical (unpaired) electrons. The number of aliphatic hydroxyl groups is 1. The van der Waals surface area contributed by atoms with Gasteiger partial charge in [-0.25, -0.2) is 4.98 Å². The number of carbonyl (C=O) groups excluding carboxylic acids is 1. The van der Waals surface area contributed by atoms with E-state index in [0.717, 1.165) is 56.1 Å². The summed E-state index contributed by atoms with van der Waals surface area (Å²) in [6, 6.07) is 4.12. The average Bonchev–Trinajstić information content (AvgIpc) is 2.87. The Bertz CT molecular complexity index is 572. The van der Waals surface area contributed by atoms with Gasteiger partial charge in [0, 0.05) is 31.6 Å². The summed E-state index contributed by atoms with van der Waals surface area (Å²) in [7, 11) is 0. The largest absolute Gasteiger partial charge is 0.387 e. The van der Waals surface area contributed by atoms with Crippen LogP contribution in [0.4, 0.5) is 5.82 Å². The van der Waals surface area contributed by atoms with Gasteiger partial charge in [0.1, 0.15) is 5.82 Å². The molecule has 1 unspecified atom stereocenters. The number of hydrogen-bond acceptors (Lipinski definition) is 4. The molecule has 1 aliphatic carbocycles. The molecule has 120 valence electrons. The van der Waals surface area contributed by atoms with Gasteiger partial charge in [0.25, 0.3) is 0 Å². The van der Waals surface area contributed by atoms with Crippen molar-refractivity contribution in [3.63, 3.8) is 0 Å². The monoisotopic (exact) mass is 303 g/mol. The molecule has 1 atom stereocenters. The molecule has 22 heavy (non-hydrogen) atoms. The standard InChI is InChI=1S/C17H25N3O2/c1-17(2,3)16(22)20-10-8-19(9-11-20)14-7-5-12-4-6-13(21)15(12)18-14/h5,7,13,21H,4,6,8-11H2,1-3H3. The molecule has 0 spiro atoms. The highest BCUT2D eigenvalue weighted by Crippen LogP contribution is 2.31.